The second-order valence-electron chi connectivity index (χ2n) is 6.28. The van der Waals surface area contributed by atoms with E-state index in [4.69, 9.17) is 16.3 Å². The fourth-order valence-corrected chi connectivity index (χ4v) is 2.60. The topological polar surface area (TPSA) is 32.8 Å². The number of hydrogen-bond donors (Lipinski definition) is 0. The molecule has 0 aromatic heterocycles. The van der Waals surface area contributed by atoms with E-state index in [2.05, 4.69) is 25.7 Å². The van der Waals surface area contributed by atoms with E-state index in [1.807, 2.05) is 11.0 Å². The number of benzene rings is 1. The van der Waals surface area contributed by atoms with Gasteiger partial charge in [-0.2, -0.15) is 0 Å². The maximum atomic E-state index is 12.2. The quantitative estimate of drug-likeness (QED) is 0.860. The van der Waals surface area contributed by atoms with Crippen molar-refractivity contribution in [2.75, 3.05) is 32.8 Å². The highest BCUT2D eigenvalue weighted by Gasteiger charge is 2.27. The molecule has 1 amide bonds. The molecule has 1 aliphatic rings. The zero-order valence-corrected chi connectivity index (χ0v) is 13.7. The van der Waals surface area contributed by atoms with E-state index >= 15 is 0 Å². The Kier molecular flexibility index (Phi) is 5.12. The summed E-state index contributed by atoms with van der Waals surface area (Å²) in [5, 5.41) is 0.610. The van der Waals surface area contributed by atoms with Crippen molar-refractivity contribution in [1.82, 2.24) is 9.80 Å². The Morgan fingerprint density at radius 1 is 1.24 bits per heavy atom. The molecule has 0 radical (unpaired) electrons. The van der Waals surface area contributed by atoms with Crippen molar-refractivity contribution in [2.45, 2.75) is 26.3 Å². The fraction of sp³-hybridized carbons (Fsp3) is 0.562. The highest BCUT2D eigenvalue weighted by atomic mass is 35.5. The predicted molar refractivity (Wildman–Crippen MR) is 84.9 cm³/mol. The van der Waals surface area contributed by atoms with Crippen LogP contribution in [0.2, 0.25) is 5.02 Å². The molecule has 1 aromatic carbocycles. The third kappa shape index (κ3) is 4.61. The molecule has 1 heterocycles. The molecule has 0 atom stereocenters. The predicted octanol–water partition coefficient (Wildman–Crippen LogP) is 2.66. The van der Waals surface area contributed by atoms with Crippen LogP contribution in [-0.4, -0.2) is 54.0 Å². The molecule has 1 aliphatic heterocycles. The molecular weight excluding hydrogens is 288 g/mol. The SMILES string of the molecule is CC(C)(C)N1CCN(C(=O)COc2cccc(Cl)c2)CC1. The maximum Gasteiger partial charge on any atom is 0.260 e. The maximum absolute atomic E-state index is 12.2. The number of rotatable bonds is 3. The van der Waals surface area contributed by atoms with Crippen molar-refractivity contribution < 1.29 is 9.53 Å². The number of ether oxygens (including phenoxy) is 1. The van der Waals surface area contributed by atoms with E-state index in [0.717, 1.165) is 26.2 Å². The number of halogens is 1. The number of carbonyl (C=O) groups is 1. The highest BCUT2D eigenvalue weighted by molar-refractivity contribution is 6.30. The minimum atomic E-state index is 0.0311. The Morgan fingerprint density at radius 3 is 2.48 bits per heavy atom. The first-order valence-electron chi connectivity index (χ1n) is 7.27. The van der Waals surface area contributed by atoms with Crippen LogP contribution in [-0.2, 0) is 4.79 Å². The van der Waals surface area contributed by atoms with Gasteiger partial charge in [-0.25, -0.2) is 0 Å². The molecule has 0 spiro atoms. The average molecular weight is 311 g/mol. The van der Waals surface area contributed by atoms with Crippen LogP contribution in [0.15, 0.2) is 24.3 Å². The molecule has 0 unspecified atom stereocenters. The van der Waals surface area contributed by atoms with Crippen LogP contribution in [0.4, 0.5) is 0 Å². The summed E-state index contributed by atoms with van der Waals surface area (Å²) in [6.07, 6.45) is 0. The van der Waals surface area contributed by atoms with Gasteiger partial charge in [0.25, 0.3) is 5.91 Å². The highest BCUT2D eigenvalue weighted by Crippen LogP contribution is 2.18. The first kappa shape index (κ1) is 16.1. The summed E-state index contributed by atoms with van der Waals surface area (Å²) in [6, 6.07) is 7.11. The van der Waals surface area contributed by atoms with E-state index < -0.39 is 0 Å². The normalized spacial score (nSPS) is 16.9. The second kappa shape index (κ2) is 6.67. The van der Waals surface area contributed by atoms with Crippen LogP contribution in [0.3, 0.4) is 0 Å². The lowest BCUT2D eigenvalue weighted by atomic mass is 10.1. The number of carbonyl (C=O) groups excluding carboxylic acids is 1. The van der Waals surface area contributed by atoms with Crippen LogP contribution in [0.5, 0.6) is 5.75 Å². The lowest BCUT2D eigenvalue weighted by molar-refractivity contribution is -0.135. The molecule has 1 saturated heterocycles. The van der Waals surface area contributed by atoms with E-state index in [1.54, 1.807) is 18.2 Å². The summed E-state index contributed by atoms with van der Waals surface area (Å²) in [5.41, 5.74) is 0.159. The monoisotopic (exact) mass is 310 g/mol. The standard InChI is InChI=1S/C16H23ClN2O2/c1-16(2,3)19-9-7-18(8-10-19)15(20)12-21-14-6-4-5-13(17)11-14/h4-6,11H,7-10,12H2,1-3H3. The lowest BCUT2D eigenvalue weighted by Crippen LogP contribution is -2.55. The van der Waals surface area contributed by atoms with Crippen molar-refractivity contribution in [3.8, 4) is 5.75 Å². The minimum Gasteiger partial charge on any atom is -0.484 e. The molecule has 4 nitrogen and oxygen atoms in total. The molecule has 0 bridgehead atoms. The van der Waals surface area contributed by atoms with E-state index in [-0.39, 0.29) is 18.1 Å². The summed E-state index contributed by atoms with van der Waals surface area (Å²) in [6.45, 7) is 10.0. The van der Waals surface area contributed by atoms with Crippen LogP contribution in [0.1, 0.15) is 20.8 Å². The van der Waals surface area contributed by atoms with Gasteiger partial charge in [-0.1, -0.05) is 17.7 Å². The molecule has 0 aliphatic carbocycles. The molecule has 1 aromatic rings. The Labute approximate surface area is 131 Å². The first-order valence-corrected chi connectivity index (χ1v) is 7.65. The molecule has 116 valence electrons. The molecule has 0 saturated carbocycles. The van der Waals surface area contributed by atoms with E-state index in [1.165, 1.54) is 0 Å². The number of piperazine rings is 1. The van der Waals surface area contributed by atoms with Gasteiger partial charge < -0.3 is 9.64 Å². The average Bonchev–Trinajstić information content (AvgIpc) is 2.44. The summed E-state index contributed by atoms with van der Waals surface area (Å²) < 4.78 is 5.51. The van der Waals surface area contributed by atoms with Gasteiger partial charge in [-0.15, -0.1) is 0 Å². The Bertz CT molecular complexity index is 491. The van der Waals surface area contributed by atoms with Gasteiger partial charge in [-0.05, 0) is 39.0 Å². The van der Waals surface area contributed by atoms with Crippen LogP contribution < -0.4 is 4.74 Å². The Hall–Kier alpha value is -1.26. The molecule has 21 heavy (non-hydrogen) atoms. The van der Waals surface area contributed by atoms with Crippen LogP contribution in [0.25, 0.3) is 0 Å². The zero-order chi connectivity index (χ0) is 15.5. The van der Waals surface area contributed by atoms with Crippen molar-refractivity contribution >= 4 is 17.5 Å². The third-order valence-corrected chi connectivity index (χ3v) is 3.97. The zero-order valence-electron chi connectivity index (χ0n) is 12.9. The van der Waals surface area contributed by atoms with Gasteiger partial charge in [-0.3, -0.25) is 9.69 Å². The third-order valence-electron chi connectivity index (χ3n) is 3.74. The summed E-state index contributed by atoms with van der Waals surface area (Å²) in [5.74, 6) is 0.660. The Balaban J connectivity index is 1.80. The van der Waals surface area contributed by atoms with E-state index in [9.17, 15) is 4.79 Å². The first-order chi connectivity index (χ1) is 9.86. The molecule has 2 rings (SSSR count). The van der Waals surface area contributed by atoms with Crippen molar-refractivity contribution in [1.29, 1.82) is 0 Å². The van der Waals surface area contributed by atoms with Crippen LogP contribution >= 0.6 is 11.6 Å². The van der Waals surface area contributed by atoms with Gasteiger partial charge in [0.05, 0.1) is 0 Å². The fourth-order valence-electron chi connectivity index (χ4n) is 2.42. The molecular formula is C16H23ClN2O2. The van der Waals surface area contributed by atoms with Crippen LogP contribution in [0, 0.1) is 0 Å². The van der Waals surface area contributed by atoms with Gasteiger partial charge in [0.2, 0.25) is 0 Å². The van der Waals surface area contributed by atoms with Gasteiger partial charge >= 0.3 is 0 Å². The largest absolute Gasteiger partial charge is 0.484 e. The van der Waals surface area contributed by atoms with Crippen molar-refractivity contribution in [3.63, 3.8) is 0 Å². The van der Waals surface area contributed by atoms with Gasteiger partial charge in [0.1, 0.15) is 5.75 Å². The van der Waals surface area contributed by atoms with Crippen molar-refractivity contribution in [2.24, 2.45) is 0 Å². The second-order valence-corrected chi connectivity index (χ2v) is 6.72. The number of amides is 1. The summed E-state index contributed by atoms with van der Waals surface area (Å²) >= 11 is 5.89. The van der Waals surface area contributed by atoms with Gasteiger partial charge in [0.15, 0.2) is 6.61 Å². The number of hydrogen-bond acceptors (Lipinski definition) is 3. The molecule has 5 heteroatoms. The lowest BCUT2D eigenvalue weighted by Gasteiger charge is -2.42. The molecule has 0 N–H and O–H groups in total. The minimum absolute atomic E-state index is 0.0311. The summed E-state index contributed by atoms with van der Waals surface area (Å²) in [7, 11) is 0. The smallest absolute Gasteiger partial charge is 0.260 e. The van der Waals surface area contributed by atoms with Gasteiger partial charge in [0, 0.05) is 36.7 Å². The van der Waals surface area contributed by atoms with E-state index in [0.29, 0.717) is 10.8 Å². The molecule has 1 fully saturated rings. The Morgan fingerprint density at radius 2 is 1.90 bits per heavy atom. The van der Waals surface area contributed by atoms with Crippen molar-refractivity contribution in [3.05, 3.63) is 29.3 Å². The summed E-state index contributed by atoms with van der Waals surface area (Å²) in [4.78, 5) is 16.4. The number of nitrogens with zero attached hydrogens (tertiary/aromatic N) is 2.